The first-order valence-corrected chi connectivity index (χ1v) is 10.3. The van der Waals surface area contributed by atoms with Crippen molar-refractivity contribution in [3.05, 3.63) is 63.5 Å². The number of fused-ring (bicyclic) bond motifs is 1. The Morgan fingerprint density at radius 2 is 2.04 bits per heavy atom. The standard InChI is InChI=1S/C20H20FN3O3S/c21-15-5-3-4-14-16(8-11-28-19(14)15)22-20(25)13-6-7-17(18(12-13)24(26)27)23-9-1-2-10-23/h3-7,12,16H,1-2,8-11H2,(H,22,25). The van der Waals surface area contributed by atoms with Crippen LogP contribution < -0.4 is 10.2 Å². The molecular weight excluding hydrogens is 381 g/mol. The Morgan fingerprint density at radius 1 is 1.25 bits per heavy atom. The number of nitro groups is 1. The number of carbonyl (C=O) groups excluding carboxylic acids is 1. The van der Waals surface area contributed by atoms with Crippen LogP contribution in [0.25, 0.3) is 0 Å². The van der Waals surface area contributed by atoms with Crippen LogP contribution in [0.3, 0.4) is 0 Å². The van der Waals surface area contributed by atoms with Gasteiger partial charge in [-0.15, -0.1) is 11.8 Å². The van der Waals surface area contributed by atoms with Crippen molar-refractivity contribution >= 4 is 29.0 Å². The molecule has 1 unspecified atom stereocenters. The molecule has 2 aromatic rings. The summed E-state index contributed by atoms with van der Waals surface area (Å²) >= 11 is 1.44. The first kappa shape index (κ1) is 18.7. The van der Waals surface area contributed by atoms with E-state index in [1.165, 1.54) is 23.9 Å². The number of nitro benzene ring substituents is 1. The van der Waals surface area contributed by atoms with Crippen molar-refractivity contribution in [1.82, 2.24) is 5.32 Å². The highest BCUT2D eigenvalue weighted by molar-refractivity contribution is 7.99. The van der Waals surface area contributed by atoms with Crippen molar-refractivity contribution in [2.45, 2.75) is 30.2 Å². The maximum atomic E-state index is 14.0. The zero-order chi connectivity index (χ0) is 19.7. The third kappa shape index (κ3) is 3.56. The highest BCUT2D eigenvalue weighted by Crippen LogP contribution is 2.38. The topological polar surface area (TPSA) is 75.5 Å². The first-order valence-electron chi connectivity index (χ1n) is 9.30. The molecule has 4 rings (SSSR count). The van der Waals surface area contributed by atoms with E-state index in [1.54, 1.807) is 18.2 Å². The summed E-state index contributed by atoms with van der Waals surface area (Å²) in [7, 11) is 0. The van der Waals surface area contributed by atoms with Gasteiger partial charge in [0.15, 0.2) is 0 Å². The average Bonchev–Trinajstić information content (AvgIpc) is 3.23. The van der Waals surface area contributed by atoms with Crippen molar-refractivity contribution in [2.24, 2.45) is 0 Å². The van der Waals surface area contributed by atoms with Crippen LogP contribution in [0.15, 0.2) is 41.3 Å². The number of amides is 1. The number of nitrogens with zero attached hydrogens (tertiary/aromatic N) is 2. The molecule has 28 heavy (non-hydrogen) atoms. The number of halogens is 1. The second-order valence-corrected chi connectivity index (χ2v) is 8.08. The first-order chi connectivity index (χ1) is 13.5. The average molecular weight is 401 g/mol. The van der Waals surface area contributed by atoms with Gasteiger partial charge in [0, 0.05) is 35.4 Å². The highest BCUT2D eigenvalue weighted by Gasteiger charge is 2.27. The van der Waals surface area contributed by atoms with E-state index in [9.17, 15) is 19.3 Å². The third-order valence-corrected chi connectivity index (χ3v) is 6.37. The fourth-order valence-corrected chi connectivity index (χ4v) is 4.95. The SMILES string of the molecule is O=C(NC1CCSc2c(F)cccc21)c1ccc(N2CCCC2)c([N+](=O)[O-])c1. The van der Waals surface area contributed by atoms with E-state index < -0.39 is 4.92 Å². The van der Waals surface area contributed by atoms with Gasteiger partial charge < -0.3 is 10.2 Å². The molecule has 0 aliphatic carbocycles. The van der Waals surface area contributed by atoms with Crippen LogP contribution >= 0.6 is 11.8 Å². The maximum Gasteiger partial charge on any atom is 0.293 e. The lowest BCUT2D eigenvalue weighted by Gasteiger charge is -2.26. The van der Waals surface area contributed by atoms with Crippen LogP contribution in [0.4, 0.5) is 15.8 Å². The molecule has 0 spiro atoms. The number of carbonyl (C=O) groups is 1. The number of anilines is 1. The molecule has 0 bridgehead atoms. The summed E-state index contributed by atoms with van der Waals surface area (Å²) in [5, 5.41) is 14.5. The van der Waals surface area contributed by atoms with Crippen molar-refractivity contribution in [3.8, 4) is 0 Å². The summed E-state index contributed by atoms with van der Waals surface area (Å²) in [6.07, 6.45) is 2.70. The molecule has 0 aromatic heterocycles. The smallest absolute Gasteiger partial charge is 0.293 e. The highest BCUT2D eigenvalue weighted by atomic mass is 32.2. The molecule has 1 amide bonds. The van der Waals surface area contributed by atoms with E-state index in [0.29, 0.717) is 22.8 Å². The summed E-state index contributed by atoms with van der Waals surface area (Å²) in [4.78, 5) is 26.4. The zero-order valence-electron chi connectivity index (χ0n) is 15.2. The number of hydrogen-bond acceptors (Lipinski definition) is 5. The third-order valence-electron chi connectivity index (χ3n) is 5.21. The molecule has 2 aliphatic heterocycles. The lowest BCUT2D eigenvalue weighted by Crippen LogP contribution is -2.31. The summed E-state index contributed by atoms with van der Waals surface area (Å²) in [5.74, 6) is 0.0302. The lowest BCUT2D eigenvalue weighted by atomic mass is 10.0. The molecule has 1 N–H and O–H groups in total. The Bertz CT molecular complexity index is 931. The molecule has 2 aromatic carbocycles. The fourth-order valence-electron chi connectivity index (χ4n) is 3.81. The fraction of sp³-hybridized carbons (Fsp3) is 0.350. The van der Waals surface area contributed by atoms with E-state index in [4.69, 9.17) is 0 Å². The van der Waals surface area contributed by atoms with Crippen LogP contribution in [-0.4, -0.2) is 29.7 Å². The summed E-state index contributed by atoms with van der Waals surface area (Å²) in [6.45, 7) is 1.57. The predicted octanol–water partition coefficient (Wildman–Crippen LogP) is 4.30. The number of benzene rings is 2. The Kier molecular flexibility index (Phi) is 5.21. The van der Waals surface area contributed by atoms with Crippen molar-refractivity contribution in [3.63, 3.8) is 0 Å². The van der Waals surface area contributed by atoms with E-state index in [2.05, 4.69) is 5.32 Å². The summed E-state index contributed by atoms with van der Waals surface area (Å²) in [6, 6.07) is 9.17. The number of nitrogens with one attached hydrogen (secondary N) is 1. The quantitative estimate of drug-likeness (QED) is 0.611. The Labute approximate surface area is 166 Å². The molecule has 0 radical (unpaired) electrons. The molecule has 2 heterocycles. The van der Waals surface area contributed by atoms with E-state index in [1.807, 2.05) is 11.0 Å². The molecule has 1 fully saturated rings. The van der Waals surface area contributed by atoms with Crippen LogP contribution in [0.1, 0.15) is 41.2 Å². The molecule has 1 saturated heterocycles. The van der Waals surface area contributed by atoms with Gasteiger partial charge in [-0.25, -0.2) is 4.39 Å². The minimum Gasteiger partial charge on any atom is -0.366 e. The summed E-state index contributed by atoms with van der Waals surface area (Å²) in [5.41, 5.74) is 1.50. The second kappa shape index (κ2) is 7.79. The number of hydrogen-bond donors (Lipinski definition) is 1. The van der Waals surface area contributed by atoms with Gasteiger partial charge in [-0.05, 0) is 43.0 Å². The predicted molar refractivity (Wildman–Crippen MR) is 106 cm³/mol. The van der Waals surface area contributed by atoms with Crippen LogP contribution in [0.5, 0.6) is 0 Å². The van der Waals surface area contributed by atoms with E-state index >= 15 is 0 Å². The van der Waals surface area contributed by atoms with Gasteiger partial charge in [0.25, 0.3) is 11.6 Å². The van der Waals surface area contributed by atoms with Crippen LogP contribution in [0, 0.1) is 15.9 Å². The molecule has 8 heteroatoms. The van der Waals surface area contributed by atoms with Gasteiger partial charge in [0.05, 0.1) is 11.0 Å². The van der Waals surface area contributed by atoms with Gasteiger partial charge in [0.1, 0.15) is 11.5 Å². The maximum absolute atomic E-state index is 14.0. The lowest BCUT2D eigenvalue weighted by molar-refractivity contribution is -0.384. The minimum absolute atomic E-state index is 0.0554. The monoisotopic (exact) mass is 401 g/mol. The van der Waals surface area contributed by atoms with Crippen LogP contribution in [-0.2, 0) is 0 Å². The largest absolute Gasteiger partial charge is 0.366 e. The second-order valence-electron chi connectivity index (χ2n) is 6.98. The number of rotatable bonds is 4. The molecule has 0 saturated carbocycles. The van der Waals surface area contributed by atoms with Gasteiger partial charge in [-0.3, -0.25) is 14.9 Å². The zero-order valence-corrected chi connectivity index (χ0v) is 16.0. The summed E-state index contributed by atoms with van der Waals surface area (Å²) < 4.78 is 14.0. The Balaban J connectivity index is 1.58. The van der Waals surface area contributed by atoms with Crippen molar-refractivity contribution in [1.29, 1.82) is 0 Å². The van der Waals surface area contributed by atoms with Crippen LogP contribution in [0.2, 0.25) is 0 Å². The molecular formula is C20H20FN3O3S. The van der Waals surface area contributed by atoms with Gasteiger partial charge >= 0.3 is 0 Å². The van der Waals surface area contributed by atoms with Gasteiger partial charge in [0.2, 0.25) is 0 Å². The van der Waals surface area contributed by atoms with Crippen molar-refractivity contribution < 1.29 is 14.1 Å². The van der Waals surface area contributed by atoms with Gasteiger partial charge in [-0.1, -0.05) is 12.1 Å². The normalized spacial score (nSPS) is 18.6. The Hall–Kier alpha value is -2.61. The Morgan fingerprint density at radius 3 is 2.79 bits per heavy atom. The minimum atomic E-state index is -0.438. The molecule has 2 aliphatic rings. The van der Waals surface area contributed by atoms with Crippen molar-refractivity contribution in [2.75, 3.05) is 23.7 Å². The van der Waals surface area contributed by atoms with E-state index in [-0.39, 0.29) is 29.0 Å². The molecule has 146 valence electrons. The van der Waals surface area contributed by atoms with Gasteiger partial charge in [-0.2, -0.15) is 0 Å². The van der Waals surface area contributed by atoms with E-state index in [0.717, 1.165) is 31.5 Å². The molecule has 6 nitrogen and oxygen atoms in total. The number of thioether (sulfide) groups is 1. The molecule has 1 atom stereocenters.